The minimum Gasteiger partial charge on any atom is -0.495 e. The number of hydrogen-bond donors (Lipinski definition) is 3. The van der Waals surface area contributed by atoms with E-state index in [1.165, 1.54) is 21.0 Å². The smallest absolute Gasteiger partial charge is 0.319 e. The normalized spacial score (nSPS) is 10.8. The molecule has 0 aromatic heterocycles. The molecule has 0 atom stereocenters. The third kappa shape index (κ3) is 4.31. The van der Waals surface area contributed by atoms with Gasteiger partial charge in [0.25, 0.3) is 0 Å². The molecule has 1 rings (SSSR count). The number of nitrogens with one attached hydrogen (secondary N) is 2. The van der Waals surface area contributed by atoms with Crippen molar-refractivity contribution in [2.75, 3.05) is 19.0 Å². The molecule has 0 saturated carbocycles. The number of methoxy groups -OCH3 is 1. The van der Waals surface area contributed by atoms with E-state index in [0.29, 0.717) is 16.5 Å². The average molecular weight is 301 g/mol. The lowest BCUT2D eigenvalue weighted by molar-refractivity contribution is -0.146. The third-order valence-corrected chi connectivity index (χ3v) is 2.91. The molecular formula is C13H17ClN2O4. The number of rotatable bonds is 5. The molecule has 3 N–H and O–H groups in total. The van der Waals surface area contributed by atoms with E-state index in [1.54, 1.807) is 18.2 Å². The Kier molecular flexibility index (Phi) is 5.21. The zero-order valence-corrected chi connectivity index (χ0v) is 12.2. The number of carboxylic acid groups (broad SMARTS) is 1. The van der Waals surface area contributed by atoms with E-state index in [2.05, 4.69) is 10.6 Å². The molecule has 0 fully saturated rings. The monoisotopic (exact) mass is 300 g/mol. The summed E-state index contributed by atoms with van der Waals surface area (Å²) < 4.78 is 5.09. The maximum atomic E-state index is 11.7. The fourth-order valence-corrected chi connectivity index (χ4v) is 1.49. The molecule has 0 aliphatic carbocycles. The van der Waals surface area contributed by atoms with E-state index in [0.717, 1.165) is 0 Å². The van der Waals surface area contributed by atoms with Gasteiger partial charge in [0.2, 0.25) is 0 Å². The van der Waals surface area contributed by atoms with Crippen LogP contribution in [0, 0.1) is 5.41 Å². The maximum Gasteiger partial charge on any atom is 0.319 e. The highest BCUT2D eigenvalue weighted by atomic mass is 35.5. The average Bonchev–Trinajstić information content (AvgIpc) is 2.36. The first-order chi connectivity index (χ1) is 9.26. The molecule has 0 aliphatic heterocycles. The van der Waals surface area contributed by atoms with Crippen molar-refractivity contribution in [1.82, 2.24) is 5.32 Å². The molecule has 1 aromatic rings. The van der Waals surface area contributed by atoms with Crippen LogP contribution in [0.1, 0.15) is 13.8 Å². The van der Waals surface area contributed by atoms with Crippen molar-refractivity contribution in [2.24, 2.45) is 5.41 Å². The number of carbonyl (C=O) groups is 2. The quantitative estimate of drug-likeness (QED) is 0.780. The van der Waals surface area contributed by atoms with Gasteiger partial charge in [-0.3, -0.25) is 4.79 Å². The van der Waals surface area contributed by atoms with Crippen LogP contribution in [-0.4, -0.2) is 30.8 Å². The second kappa shape index (κ2) is 6.47. The lowest BCUT2D eigenvalue weighted by Crippen LogP contribution is -2.40. The Morgan fingerprint density at radius 1 is 1.40 bits per heavy atom. The third-order valence-electron chi connectivity index (χ3n) is 2.68. The highest BCUT2D eigenvalue weighted by Crippen LogP contribution is 2.27. The van der Waals surface area contributed by atoms with Crippen molar-refractivity contribution >= 4 is 29.3 Å². The number of carbonyl (C=O) groups excluding carboxylic acids is 1. The summed E-state index contributed by atoms with van der Waals surface area (Å²) in [6.45, 7) is 3.04. The SMILES string of the molecule is COc1ccc(Cl)cc1NC(=O)NCC(C)(C)C(=O)O. The molecule has 7 heteroatoms. The van der Waals surface area contributed by atoms with Gasteiger partial charge in [-0.2, -0.15) is 0 Å². The zero-order valence-electron chi connectivity index (χ0n) is 11.5. The minimum absolute atomic E-state index is 0.00293. The Labute approximate surface area is 122 Å². The fraction of sp³-hybridized carbons (Fsp3) is 0.385. The van der Waals surface area contributed by atoms with Gasteiger partial charge in [-0.1, -0.05) is 11.6 Å². The van der Waals surface area contributed by atoms with E-state index >= 15 is 0 Å². The number of amides is 2. The van der Waals surface area contributed by atoms with Gasteiger partial charge in [-0.05, 0) is 32.0 Å². The largest absolute Gasteiger partial charge is 0.495 e. The van der Waals surface area contributed by atoms with Crippen molar-refractivity contribution in [3.63, 3.8) is 0 Å². The first kappa shape index (κ1) is 16.1. The number of ether oxygens (including phenoxy) is 1. The highest BCUT2D eigenvalue weighted by Gasteiger charge is 2.27. The summed E-state index contributed by atoms with van der Waals surface area (Å²) in [7, 11) is 1.47. The molecule has 0 heterocycles. The van der Waals surface area contributed by atoms with Crippen LogP contribution in [0.5, 0.6) is 5.75 Å². The molecular weight excluding hydrogens is 284 g/mol. The molecule has 1 aromatic carbocycles. The second-order valence-corrected chi connectivity index (χ2v) is 5.28. The second-order valence-electron chi connectivity index (χ2n) is 4.84. The summed E-state index contributed by atoms with van der Waals surface area (Å²) in [5, 5.41) is 14.5. The molecule has 20 heavy (non-hydrogen) atoms. The van der Waals surface area contributed by atoms with Crippen LogP contribution in [0.15, 0.2) is 18.2 Å². The van der Waals surface area contributed by atoms with Crippen LogP contribution in [0.25, 0.3) is 0 Å². The highest BCUT2D eigenvalue weighted by molar-refractivity contribution is 6.31. The molecule has 0 spiro atoms. The summed E-state index contributed by atoms with van der Waals surface area (Å²) in [4.78, 5) is 22.7. The van der Waals surface area contributed by atoms with Crippen molar-refractivity contribution in [1.29, 1.82) is 0 Å². The summed E-state index contributed by atoms with van der Waals surface area (Å²) in [6, 6.07) is 4.28. The standard InChI is InChI=1S/C13H17ClN2O4/c1-13(2,11(17)18)7-15-12(19)16-9-6-8(14)4-5-10(9)20-3/h4-6H,7H2,1-3H3,(H,17,18)(H2,15,16,19). The lowest BCUT2D eigenvalue weighted by atomic mass is 9.94. The van der Waals surface area contributed by atoms with Crippen molar-refractivity contribution in [2.45, 2.75) is 13.8 Å². The Balaban J connectivity index is 2.68. The van der Waals surface area contributed by atoms with Gasteiger partial charge in [0.1, 0.15) is 5.75 Å². The van der Waals surface area contributed by atoms with E-state index in [1.807, 2.05) is 0 Å². The van der Waals surface area contributed by atoms with Gasteiger partial charge < -0.3 is 20.5 Å². The topological polar surface area (TPSA) is 87.7 Å². The van der Waals surface area contributed by atoms with Crippen LogP contribution in [0.3, 0.4) is 0 Å². The van der Waals surface area contributed by atoms with Crippen LogP contribution in [-0.2, 0) is 4.79 Å². The minimum atomic E-state index is -1.05. The van der Waals surface area contributed by atoms with Gasteiger partial charge in [0.15, 0.2) is 0 Å². The summed E-state index contributed by atoms with van der Waals surface area (Å²) in [5.41, 5.74) is -0.638. The van der Waals surface area contributed by atoms with Crippen LogP contribution in [0.4, 0.5) is 10.5 Å². The van der Waals surface area contributed by atoms with Crippen LogP contribution in [0.2, 0.25) is 5.02 Å². The number of anilines is 1. The van der Waals surface area contributed by atoms with Gasteiger partial charge in [0.05, 0.1) is 18.2 Å². The molecule has 0 aliphatic rings. The first-order valence-corrected chi connectivity index (χ1v) is 6.26. The number of aliphatic carboxylic acids is 1. The molecule has 0 radical (unpaired) electrons. The van der Waals surface area contributed by atoms with Gasteiger partial charge in [0, 0.05) is 11.6 Å². The van der Waals surface area contributed by atoms with E-state index in [4.69, 9.17) is 21.4 Å². The molecule has 6 nitrogen and oxygen atoms in total. The number of benzene rings is 1. The van der Waals surface area contributed by atoms with Crippen molar-refractivity contribution < 1.29 is 19.4 Å². The predicted molar refractivity (Wildman–Crippen MR) is 76.4 cm³/mol. The molecule has 0 unspecified atom stereocenters. The number of halogens is 1. The van der Waals surface area contributed by atoms with Crippen LogP contribution < -0.4 is 15.4 Å². The van der Waals surface area contributed by atoms with Gasteiger partial charge in [-0.15, -0.1) is 0 Å². The molecule has 0 bridgehead atoms. The molecule has 2 amide bonds. The summed E-state index contributed by atoms with van der Waals surface area (Å²) >= 11 is 5.84. The van der Waals surface area contributed by atoms with Gasteiger partial charge >= 0.3 is 12.0 Å². The van der Waals surface area contributed by atoms with E-state index < -0.39 is 17.4 Å². The lowest BCUT2D eigenvalue weighted by Gasteiger charge is -2.20. The number of urea groups is 1. The Bertz CT molecular complexity index is 517. The zero-order chi connectivity index (χ0) is 15.3. The van der Waals surface area contributed by atoms with Crippen molar-refractivity contribution in [3.05, 3.63) is 23.2 Å². The fourth-order valence-electron chi connectivity index (χ4n) is 1.32. The molecule has 0 saturated heterocycles. The Morgan fingerprint density at radius 3 is 2.60 bits per heavy atom. The van der Waals surface area contributed by atoms with E-state index in [9.17, 15) is 9.59 Å². The van der Waals surface area contributed by atoms with Gasteiger partial charge in [-0.25, -0.2) is 4.79 Å². The van der Waals surface area contributed by atoms with Crippen molar-refractivity contribution in [3.8, 4) is 5.75 Å². The summed E-state index contributed by atoms with van der Waals surface area (Å²) in [6.07, 6.45) is 0. The molecule has 110 valence electrons. The maximum absolute atomic E-state index is 11.7. The summed E-state index contributed by atoms with van der Waals surface area (Å²) in [5.74, 6) is -0.528. The Hall–Kier alpha value is -1.95. The van der Waals surface area contributed by atoms with E-state index in [-0.39, 0.29) is 6.54 Å². The predicted octanol–water partition coefficient (Wildman–Crippen LogP) is 2.58. The number of carboxylic acids is 1. The van der Waals surface area contributed by atoms with Crippen LogP contribution >= 0.6 is 11.6 Å². The first-order valence-electron chi connectivity index (χ1n) is 5.88. The number of hydrogen-bond acceptors (Lipinski definition) is 3. The Morgan fingerprint density at radius 2 is 2.05 bits per heavy atom.